The fraction of sp³-hybridized carbons (Fsp3) is 0.231. The van der Waals surface area contributed by atoms with Crippen LogP contribution in [0.1, 0.15) is 25.5 Å². The van der Waals surface area contributed by atoms with Gasteiger partial charge >= 0.3 is 0 Å². The molecule has 0 aliphatic heterocycles. The SMILES string of the molecule is CC(C)=CC(O)c1ccc2nccnc2c1. The van der Waals surface area contributed by atoms with Crippen LogP contribution in [0.25, 0.3) is 11.0 Å². The summed E-state index contributed by atoms with van der Waals surface area (Å²) in [5.74, 6) is 0. The van der Waals surface area contributed by atoms with Crippen LogP contribution < -0.4 is 0 Å². The standard InChI is InChI=1S/C13H14N2O/c1-9(2)7-13(16)10-3-4-11-12(8-10)15-6-5-14-11/h3-8,13,16H,1-2H3. The fourth-order valence-electron chi connectivity index (χ4n) is 1.58. The molecule has 2 aromatic rings. The van der Waals surface area contributed by atoms with Crippen LogP contribution in [0.4, 0.5) is 0 Å². The minimum absolute atomic E-state index is 0.573. The number of aliphatic hydroxyl groups is 1. The predicted octanol–water partition coefficient (Wildman–Crippen LogP) is 2.63. The molecule has 1 aromatic heterocycles. The molecule has 2 rings (SSSR count). The van der Waals surface area contributed by atoms with Crippen molar-refractivity contribution in [3.63, 3.8) is 0 Å². The van der Waals surface area contributed by atoms with Gasteiger partial charge in [-0.2, -0.15) is 0 Å². The molecule has 1 N–H and O–H groups in total. The van der Waals surface area contributed by atoms with E-state index in [0.29, 0.717) is 0 Å². The molecular formula is C13H14N2O. The minimum Gasteiger partial charge on any atom is -0.384 e. The molecule has 0 saturated heterocycles. The summed E-state index contributed by atoms with van der Waals surface area (Å²) in [6.07, 6.45) is 4.56. The van der Waals surface area contributed by atoms with Gasteiger partial charge in [-0.1, -0.05) is 17.7 Å². The van der Waals surface area contributed by atoms with Crippen LogP contribution in [-0.2, 0) is 0 Å². The van der Waals surface area contributed by atoms with E-state index >= 15 is 0 Å². The third-order valence-electron chi connectivity index (χ3n) is 2.33. The highest BCUT2D eigenvalue weighted by Gasteiger charge is 2.05. The van der Waals surface area contributed by atoms with Gasteiger partial charge in [0.25, 0.3) is 0 Å². The molecule has 3 heteroatoms. The zero-order chi connectivity index (χ0) is 11.5. The highest BCUT2D eigenvalue weighted by molar-refractivity contribution is 5.74. The van der Waals surface area contributed by atoms with E-state index in [9.17, 15) is 5.11 Å². The van der Waals surface area contributed by atoms with Crippen LogP contribution in [0, 0.1) is 0 Å². The van der Waals surface area contributed by atoms with Crippen LogP contribution >= 0.6 is 0 Å². The van der Waals surface area contributed by atoms with Gasteiger partial charge in [0.2, 0.25) is 0 Å². The van der Waals surface area contributed by atoms with Crippen molar-refractivity contribution in [1.82, 2.24) is 9.97 Å². The second-order valence-electron chi connectivity index (χ2n) is 3.99. The molecule has 0 saturated carbocycles. The van der Waals surface area contributed by atoms with Gasteiger partial charge in [0.05, 0.1) is 17.1 Å². The molecule has 1 atom stereocenters. The topological polar surface area (TPSA) is 46.0 Å². The molecule has 16 heavy (non-hydrogen) atoms. The quantitative estimate of drug-likeness (QED) is 0.782. The molecule has 0 radical (unpaired) electrons. The van der Waals surface area contributed by atoms with E-state index in [1.54, 1.807) is 12.4 Å². The Morgan fingerprint density at radius 2 is 1.88 bits per heavy atom. The van der Waals surface area contributed by atoms with Crippen molar-refractivity contribution >= 4 is 11.0 Å². The third kappa shape index (κ3) is 2.25. The Kier molecular flexibility index (Phi) is 2.97. The predicted molar refractivity (Wildman–Crippen MR) is 63.9 cm³/mol. The second kappa shape index (κ2) is 4.41. The monoisotopic (exact) mass is 214 g/mol. The summed E-state index contributed by atoms with van der Waals surface area (Å²) in [5.41, 5.74) is 3.58. The smallest absolute Gasteiger partial charge is 0.0975 e. The Labute approximate surface area is 94.5 Å². The number of benzene rings is 1. The van der Waals surface area contributed by atoms with Gasteiger partial charge in [0.15, 0.2) is 0 Å². The number of aliphatic hydroxyl groups excluding tert-OH is 1. The van der Waals surface area contributed by atoms with E-state index in [4.69, 9.17) is 0 Å². The van der Waals surface area contributed by atoms with Crippen LogP contribution in [-0.4, -0.2) is 15.1 Å². The number of fused-ring (bicyclic) bond motifs is 1. The van der Waals surface area contributed by atoms with E-state index in [1.165, 1.54) is 0 Å². The maximum absolute atomic E-state index is 9.93. The molecule has 0 aliphatic rings. The summed E-state index contributed by atoms with van der Waals surface area (Å²) in [4.78, 5) is 8.39. The van der Waals surface area contributed by atoms with Crippen molar-refractivity contribution in [1.29, 1.82) is 0 Å². The maximum Gasteiger partial charge on any atom is 0.0975 e. The number of hydrogen-bond acceptors (Lipinski definition) is 3. The number of nitrogens with zero attached hydrogens (tertiary/aromatic N) is 2. The summed E-state index contributed by atoms with van der Waals surface area (Å²) in [6.45, 7) is 3.92. The maximum atomic E-state index is 9.93. The average Bonchev–Trinajstić information content (AvgIpc) is 2.27. The molecule has 0 fully saturated rings. The first-order valence-corrected chi connectivity index (χ1v) is 5.20. The van der Waals surface area contributed by atoms with Crippen molar-refractivity contribution in [2.45, 2.75) is 20.0 Å². The lowest BCUT2D eigenvalue weighted by Crippen LogP contribution is -1.94. The number of allylic oxidation sites excluding steroid dienone is 1. The Hall–Kier alpha value is -1.74. The molecule has 1 unspecified atom stereocenters. The van der Waals surface area contributed by atoms with E-state index in [0.717, 1.165) is 22.2 Å². The highest BCUT2D eigenvalue weighted by atomic mass is 16.3. The summed E-state index contributed by atoms with van der Waals surface area (Å²) in [6, 6.07) is 5.62. The zero-order valence-corrected chi connectivity index (χ0v) is 9.38. The number of rotatable bonds is 2. The second-order valence-corrected chi connectivity index (χ2v) is 3.99. The van der Waals surface area contributed by atoms with Crippen molar-refractivity contribution < 1.29 is 5.11 Å². The lowest BCUT2D eigenvalue weighted by atomic mass is 10.1. The van der Waals surface area contributed by atoms with E-state index < -0.39 is 6.10 Å². The Bertz CT molecular complexity index is 530. The average molecular weight is 214 g/mol. The summed E-state index contributed by atoms with van der Waals surface area (Å²) in [5, 5.41) is 9.93. The van der Waals surface area contributed by atoms with Crippen molar-refractivity contribution in [2.75, 3.05) is 0 Å². The van der Waals surface area contributed by atoms with Gasteiger partial charge in [-0.3, -0.25) is 9.97 Å². The van der Waals surface area contributed by atoms with Crippen LogP contribution in [0.5, 0.6) is 0 Å². The van der Waals surface area contributed by atoms with Gasteiger partial charge in [-0.15, -0.1) is 0 Å². The summed E-state index contributed by atoms with van der Waals surface area (Å²) >= 11 is 0. The highest BCUT2D eigenvalue weighted by Crippen LogP contribution is 2.19. The molecule has 1 aromatic carbocycles. The van der Waals surface area contributed by atoms with Crippen LogP contribution in [0.15, 0.2) is 42.2 Å². The van der Waals surface area contributed by atoms with Gasteiger partial charge in [-0.25, -0.2) is 0 Å². The molecule has 0 aliphatic carbocycles. The van der Waals surface area contributed by atoms with E-state index in [-0.39, 0.29) is 0 Å². The third-order valence-corrected chi connectivity index (χ3v) is 2.33. The molecule has 1 heterocycles. The fourth-order valence-corrected chi connectivity index (χ4v) is 1.58. The first-order chi connectivity index (χ1) is 7.66. The number of hydrogen-bond donors (Lipinski definition) is 1. The molecular weight excluding hydrogens is 200 g/mol. The van der Waals surface area contributed by atoms with Crippen molar-refractivity contribution in [3.8, 4) is 0 Å². The van der Waals surface area contributed by atoms with E-state index in [2.05, 4.69) is 9.97 Å². The zero-order valence-electron chi connectivity index (χ0n) is 9.38. The minimum atomic E-state index is -0.573. The first kappa shape index (κ1) is 10.8. The Morgan fingerprint density at radius 1 is 1.19 bits per heavy atom. The molecule has 0 spiro atoms. The summed E-state index contributed by atoms with van der Waals surface area (Å²) < 4.78 is 0. The van der Waals surface area contributed by atoms with Gasteiger partial charge in [0, 0.05) is 12.4 Å². The first-order valence-electron chi connectivity index (χ1n) is 5.20. The largest absolute Gasteiger partial charge is 0.384 e. The lowest BCUT2D eigenvalue weighted by molar-refractivity contribution is 0.228. The van der Waals surface area contributed by atoms with Crippen LogP contribution in [0.3, 0.4) is 0 Å². The Balaban J connectivity index is 2.43. The van der Waals surface area contributed by atoms with E-state index in [1.807, 2.05) is 38.1 Å². The van der Waals surface area contributed by atoms with Gasteiger partial charge in [-0.05, 0) is 31.5 Å². The summed E-state index contributed by atoms with van der Waals surface area (Å²) in [7, 11) is 0. The van der Waals surface area contributed by atoms with Crippen molar-refractivity contribution in [3.05, 3.63) is 47.8 Å². The lowest BCUT2D eigenvalue weighted by Gasteiger charge is -2.07. The Morgan fingerprint density at radius 3 is 2.56 bits per heavy atom. The number of aromatic nitrogens is 2. The van der Waals surface area contributed by atoms with Gasteiger partial charge in [0.1, 0.15) is 0 Å². The van der Waals surface area contributed by atoms with Crippen molar-refractivity contribution in [2.24, 2.45) is 0 Å². The molecule has 0 amide bonds. The molecule has 0 bridgehead atoms. The molecule has 82 valence electrons. The molecule has 3 nitrogen and oxygen atoms in total. The van der Waals surface area contributed by atoms with Gasteiger partial charge < -0.3 is 5.11 Å². The van der Waals surface area contributed by atoms with Crippen LogP contribution in [0.2, 0.25) is 0 Å². The normalized spacial score (nSPS) is 12.4.